The van der Waals surface area contributed by atoms with Gasteiger partial charge in [-0.3, -0.25) is 19.7 Å². The number of nitrogens with one attached hydrogen (secondary N) is 1. The minimum absolute atomic E-state index is 0.247. The van der Waals surface area contributed by atoms with E-state index in [0.717, 1.165) is 29.7 Å². The van der Waals surface area contributed by atoms with Gasteiger partial charge in [0.15, 0.2) is 6.61 Å². The van der Waals surface area contributed by atoms with Crippen molar-refractivity contribution in [2.24, 2.45) is 5.73 Å². The molecule has 3 rings (SSSR count). The molecule has 0 unspecified atom stereocenters. The number of rotatable bonds is 6. The lowest BCUT2D eigenvalue weighted by Gasteiger charge is -2.07. The average Bonchev–Trinajstić information content (AvgIpc) is 3.19. The van der Waals surface area contributed by atoms with Crippen molar-refractivity contribution in [3.05, 3.63) is 55.9 Å². The number of aryl methyl sites for hydroxylation is 1. The Bertz CT molecular complexity index is 952. The molecule has 0 bridgehead atoms. The molecule has 0 saturated heterocycles. The third kappa shape index (κ3) is 3.80. The molecule has 1 aliphatic carbocycles. The molecule has 2 amide bonds. The van der Waals surface area contributed by atoms with Crippen LogP contribution in [0.2, 0.25) is 0 Å². The number of benzene rings is 1. The fourth-order valence-electron chi connectivity index (χ4n) is 2.93. The van der Waals surface area contributed by atoms with Crippen molar-refractivity contribution in [1.82, 2.24) is 0 Å². The maximum Gasteiger partial charge on any atom is 0.345 e. The van der Waals surface area contributed by atoms with E-state index in [1.54, 1.807) is 0 Å². The van der Waals surface area contributed by atoms with Crippen LogP contribution in [0.5, 0.6) is 0 Å². The number of hydrogen-bond acceptors (Lipinski definition) is 7. The minimum Gasteiger partial charge on any atom is -0.452 e. The Balaban J connectivity index is 1.67. The lowest BCUT2D eigenvalue weighted by atomic mass is 10.1. The molecule has 0 saturated carbocycles. The van der Waals surface area contributed by atoms with Crippen molar-refractivity contribution in [3.8, 4) is 0 Å². The zero-order valence-corrected chi connectivity index (χ0v) is 14.8. The molecule has 2 aromatic rings. The number of thiophene rings is 1. The summed E-state index contributed by atoms with van der Waals surface area (Å²) in [6.07, 6.45) is 2.48. The van der Waals surface area contributed by atoms with Gasteiger partial charge in [0, 0.05) is 10.9 Å². The van der Waals surface area contributed by atoms with Crippen LogP contribution in [0.3, 0.4) is 0 Å². The highest BCUT2D eigenvalue weighted by Gasteiger charge is 2.27. The number of fused-ring (bicyclic) bond motifs is 1. The van der Waals surface area contributed by atoms with E-state index in [1.807, 2.05) is 0 Å². The maximum absolute atomic E-state index is 12.1. The van der Waals surface area contributed by atoms with Gasteiger partial charge in [-0.05, 0) is 30.9 Å². The Morgan fingerprint density at radius 1 is 1.26 bits per heavy atom. The van der Waals surface area contributed by atoms with Gasteiger partial charge in [-0.1, -0.05) is 12.1 Å². The van der Waals surface area contributed by atoms with Crippen LogP contribution >= 0.6 is 11.3 Å². The highest BCUT2D eigenvalue weighted by molar-refractivity contribution is 7.17. The van der Waals surface area contributed by atoms with Crippen LogP contribution in [0.15, 0.2) is 24.3 Å². The summed E-state index contributed by atoms with van der Waals surface area (Å²) in [7, 11) is 0. The van der Waals surface area contributed by atoms with Crippen LogP contribution < -0.4 is 11.1 Å². The predicted molar refractivity (Wildman–Crippen MR) is 96.9 cm³/mol. The summed E-state index contributed by atoms with van der Waals surface area (Å²) in [4.78, 5) is 47.1. The molecule has 0 spiro atoms. The highest BCUT2D eigenvalue weighted by Crippen LogP contribution is 2.38. The van der Waals surface area contributed by atoms with Gasteiger partial charge in [-0.15, -0.1) is 11.3 Å². The molecule has 1 aromatic heterocycles. The normalized spacial score (nSPS) is 12.3. The van der Waals surface area contributed by atoms with Crippen LogP contribution in [0.4, 0.5) is 10.7 Å². The second-order valence-electron chi connectivity index (χ2n) is 5.82. The summed E-state index contributed by atoms with van der Waals surface area (Å²) in [5.41, 5.74) is 5.92. The van der Waals surface area contributed by atoms with Gasteiger partial charge < -0.3 is 15.8 Å². The van der Waals surface area contributed by atoms with E-state index in [2.05, 4.69) is 5.32 Å². The number of anilines is 1. The Morgan fingerprint density at radius 2 is 2.00 bits per heavy atom. The number of nitrogens with zero attached hydrogens (tertiary/aromatic N) is 1. The van der Waals surface area contributed by atoms with E-state index in [1.165, 1.54) is 35.6 Å². The lowest BCUT2D eigenvalue weighted by Crippen LogP contribution is -2.23. The van der Waals surface area contributed by atoms with Crippen molar-refractivity contribution in [3.63, 3.8) is 0 Å². The summed E-state index contributed by atoms with van der Waals surface area (Å²) in [5, 5.41) is 13.8. The first kappa shape index (κ1) is 18.5. The van der Waals surface area contributed by atoms with E-state index < -0.39 is 35.0 Å². The molecule has 140 valence electrons. The fourth-order valence-corrected chi connectivity index (χ4v) is 4.24. The third-order valence-corrected chi connectivity index (χ3v) is 5.28. The zero-order chi connectivity index (χ0) is 19.6. The molecule has 27 heavy (non-hydrogen) atoms. The van der Waals surface area contributed by atoms with Crippen molar-refractivity contribution in [2.45, 2.75) is 19.3 Å². The quantitative estimate of drug-likeness (QED) is 0.440. The number of carbonyl (C=O) groups excluding carboxylic acids is 3. The molecule has 9 nitrogen and oxygen atoms in total. The molecule has 10 heteroatoms. The Kier molecular flexibility index (Phi) is 5.17. The third-order valence-electron chi connectivity index (χ3n) is 4.08. The number of nitrogens with two attached hydrogens (primary N) is 1. The second-order valence-corrected chi connectivity index (χ2v) is 6.93. The van der Waals surface area contributed by atoms with E-state index in [0.29, 0.717) is 10.6 Å². The van der Waals surface area contributed by atoms with Crippen LogP contribution in [0.25, 0.3) is 0 Å². The summed E-state index contributed by atoms with van der Waals surface area (Å²) in [6, 6.07) is 5.29. The average molecular weight is 389 g/mol. The van der Waals surface area contributed by atoms with Gasteiger partial charge in [0.25, 0.3) is 17.5 Å². The topological polar surface area (TPSA) is 142 Å². The van der Waals surface area contributed by atoms with Gasteiger partial charge in [0.05, 0.1) is 10.5 Å². The Hall–Kier alpha value is -3.27. The fraction of sp³-hybridized carbons (Fsp3) is 0.235. The van der Waals surface area contributed by atoms with Gasteiger partial charge >= 0.3 is 5.97 Å². The van der Waals surface area contributed by atoms with Gasteiger partial charge in [-0.2, -0.15) is 0 Å². The number of para-hydroxylation sites is 1. The highest BCUT2D eigenvalue weighted by atomic mass is 32.1. The molecule has 1 aliphatic rings. The molecular weight excluding hydrogens is 374 g/mol. The number of amides is 2. The smallest absolute Gasteiger partial charge is 0.345 e. The van der Waals surface area contributed by atoms with E-state index in [-0.39, 0.29) is 5.56 Å². The predicted octanol–water partition coefficient (Wildman–Crippen LogP) is 2.04. The lowest BCUT2D eigenvalue weighted by molar-refractivity contribution is -0.385. The van der Waals surface area contributed by atoms with Crippen molar-refractivity contribution < 1.29 is 24.0 Å². The standard InChI is InChI=1S/C17H15N3O6S/c18-15(22)14-10-5-3-7-12(10)27-16(14)19-13(21)8-26-17(23)9-4-1-2-6-11(9)20(24)25/h1-2,4,6H,3,5,7-8H2,(H2,18,22)(H,19,21). The summed E-state index contributed by atoms with van der Waals surface area (Å²) in [5.74, 6) is -2.27. The number of primary amides is 1. The Labute approximate surface area is 157 Å². The van der Waals surface area contributed by atoms with Gasteiger partial charge in [0.2, 0.25) is 0 Å². The van der Waals surface area contributed by atoms with Gasteiger partial charge in [-0.25, -0.2) is 4.79 Å². The second kappa shape index (κ2) is 7.54. The molecule has 0 fully saturated rings. The number of esters is 1. The minimum atomic E-state index is -0.985. The summed E-state index contributed by atoms with van der Waals surface area (Å²) >= 11 is 1.28. The van der Waals surface area contributed by atoms with E-state index in [4.69, 9.17) is 10.5 Å². The van der Waals surface area contributed by atoms with Crippen LogP contribution in [0.1, 0.15) is 37.6 Å². The summed E-state index contributed by atoms with van der Waals surface area (Å²) < 4.78 is 4.86. The SMILES string of the molecule is NC(=O)c1c(NC(=O)COC(=O)c2ccccc2[N+](=O)[O-])sc2c1CCC2. The molecule has 0 radical (unpaired) electrons. The number of carbonyl (C=O) groups is 3. The van der Waals surface area contributed by atoms with Crippen molar-refractivity contribution in [2.75, 3.05) is 11.9 Å². The van der Waals surface area contributed by atoms with Crippen molar-refractivity contribution in [1.29, 1.82) is 0 Å². The largest absolute Gasteiger partial charge is 0.452 e. The number of nitro benzene ring substituents is 1. The van der Waals surface area contributed by atoms with Crippen LogP contribution in [-0.4, -0.2) is 29.3 Å². The Morgan fingerprint density at radius 3 is 2.70 bits per heavy atom. The molecule has 1 heterocycles. The molecule has 0 aliphatic heterocycles. The zero-order valence-electron chi connectivity index (χ0n) is 14.0. The van der Waals surface area contributed by atoms with Gasteiger partial charge in [0.1, 0.15) is 10.6 Å². The molecule has 1 aromatic carbocycles. The first-order valence-corrected chi connectivity index (χ1v) is 8.85. The molecule has 3 N–H and O–H groups in total. The summed E-state index contributed by atoms with van der Waals surface area (Å²) in [6.45, 7) is -0.647. The molecule has 0 atom stereocenters. The number of nitro groups is 1. The number of hydrogen-bond donors (Lipinski definition) is 2. The first-order valence-electron chi connectivity index (χ1n) is 8.03. The first-order chi connectivity index (χ1) is 12.9. The van der Waals surface area contributed by atoms with Crippen LogP contribution in [-0.2, 0) is 22.4 Å². The number of ether oxygens (including phenoxy) is 1. The van der Waals surface area contributed by atoms with Crippen LogP contribution in [0, 0.1) is 10.1 Å². The molecular formula is C17H15N3O6S. The monoisotopic (exact) mass is 389 g/mol. The van der Waals surface area contributed by atoms with E-state index >= 15 is 0 Å². The van der Waals surface area contributed by atoms with Crippen molar-refractivity contribution >= 4 is 39.8 Å². The van der Waals surface area contributed by atoms with E-state index in [9.17, 15) is 24.5 Å². The maximum atomic E-state index is 12.1.